The number of aryl methyl sites for hydroxylation is 2. The number of benzene rings is 2. The van der Waals surface area contributed by atoms with Crippen LogP contribution in [0.1, 0.15) is 52.4 Å². The molecule has 0 bridgehead atoms. The third-order valence-electron chi connectivity index (χ3n) is 7.85. The van der Waals surface area contributed by atoms with E-state index < -0.39 is 35.2 Å². The maximum absolute atomic E-state index is 13.1. The number of likely N-dealkylation sites (tertiary alicyclic amines) is 1. The Bertz CT molecular complexity index is 1540. The number of H-pyrrole nitrogens is 1. The number of aliphatic carboxylic acids is 1. The van der Waals surface area contributed by atoms with Gasteiger partial charge in [-0.2, -0.15) is 0 Å². The number of amides is 3. The molecule has 1 aliphatic rings. The third-order valence-corrected chi connectivity index (χ3v) is 7.85. The highest BCUT2D eigenvalue weighted by atomic mass is 16.4. The van der Waals surface area contributed by atoms with Crippen LogP contribution in [0.5, 0.6) is 0 Å². The number of Topliss-reactive ketones (excluding diaryl/α,β-unsaturated/α-hetero) is 1. The van der Waals surface area contributed by atoms with E-state index in [1.165, 1.54) is 6.92 Å². The van der Waals surface area contributed by atoms with Gasteiger partial charge in [0.1, 0.15) is 17.4 Å². The zero-order valence-electron chi connectivity index (χ0n) is 24.4. The van der Waals surface area contributed by atoms with Crippen molar-refractivity contribution in [1.82, 2.24) is 25.5 Å². The highest BCUT2D eigenvalue weighted by molar-refractivity contribution is 6.06. The van der Waals surface area contributed by atoms with E-state index in [-0.39, 0.29) is 23.6 Å². The van der Waals surface area contributed by atoms with Gasteiger partial charge in [-0.05, 0) is 50.3 Å². The Kier molecular flexibility index (Phi) is 9.71. The van der Waals surface area contributed by atoms with Gasteiger partial charge in [-0.25, -0.2) is 19.4 Å². The van der Waals surface area contributed by atoms with Crippen LogP contribution in [-0.2, 0) is 22.6 Å². The van der Waals surface area contributed by atoms with Crippen molar-refractivity contribution in [2.75, 3.05) is 18.4 Å². The average molecular weight is 589 g/mol. The minimum atomic E-state index is -1.45. The van der Waals surface area contributed by atoms with E-state index in [2.05, 4.69) is 30.8 Å². The Balaban J connectivity index is 1.44. The molecule has 0 saturated carbocycles. The molecule has 1 fully saturated rings. The first kappa shape index (κ1) is 31.1. The lowest BCUT2D eigenvalue weighted by Gasteiger charge is -2.40. The summed E-state index contributed by atoms with van der Waals surface area (Å²) < 4.78 is 0. The molecule has 2 heterocycles. The number of urea groups is 1. The topological polar surface area (TPSA) is 174 Å². The Morgan fingerprint density at radius 3 is 2.28 bits per heavy atom. The molecule has 0 radical (unpaired) electrons. The molecule has 0 spiro atoms. The second-order valence-electron chi connectivity index (χ2n) is 10.9. The number of carbonyl (C=O) groups excluding carboxylic acids is 3. The predicted molar refractivity (Wildman–Crippen MR) is 160 cm³/mol. The number of hydrogen-bond donors (Lipinski definition) is 5. The van der Waals surface area contributed by atoms with Gasteiger partial charge in [0, 0.05) is 43.4 Å². The monoisotopic (exact) mass is 588 g/mol. The van der Waals surface area contributed by atoms with Gasteiger partial charge in [0.05, 0.1) is 0 Å². The number of anilines is 1. The molecule has 12 nitrogen and oxygen atoms in total. The third kappa shape index (κ3) is 7.72. The molecule has 2 aromatic carbocycles. The van der Waals surface area contributed by atoms with Crippen LogP contribution in [-0.4, -0.2) is 68.3 Å². The molecule has 226 valence electrons. The Morgan fingerprint density at radius 2 is 1.67 bits per heavy atom. The van der Waals surface area contributed by atoms with Crippen molar-refractivity contribution in [2.24, 2.45) is 0 Å². The fourth-order valence-electron chi connectivity index (χ4n) is 5.37. The minimum absolute atomic E-state index is 0.0212. The number of hydrogen-bond acceptors (Lipinski definition) is 7. The molecule has 1 aromatic heterocycles. The number of carboxylic acid groups (broad SMARTS) is 1. The van der Waals surface area contributed by atoms with Gasteiger partial charge in [-0.15, -0.1) is 0 Å². The summed E-state index contributed by atoms with van der Waals surface area (Å²) in [5, 5.41) is 17.8. The molecule has 3 amide bonds. The van der Waals surface area contributed by atoms with Crippen LogP contribution in [0, 0.1) is 13.8 Å². The normalized spacial score (nSPS) is 15.2. The number of piperidine rings is 1. The van der Waals surface area contributed by atoms with Crippen molar-refractivity contribution >= 4 is 29.5 Å². The fraction of sp³-hybridized carbons (Fsp3) is 0.355. The van der Waals surface area contributed by atoms with Crippen LogP contribution in [0.15, 0.2) is 59.5 Å². The molecule has 1 saturated heterocycles. The molecule has 1 atom stereocenters. The second-order valence-corrected chi connectivity index (χ2v) is 10.9. The molecule has 3 aromatic rings. The van der Waals surface area contributed by atoms with Gasteiger partial charge in [0.25, 0.3) is 5.91 Å². The number of carboxylic acids is 1. The van der Waals surface area contributed by atoms with Crippen LogP contribution in [0.2, 0.25) is 0 Å². The SMILES string of the molecule is CC(=O)C1(NC(=O)NC(Cc2cnc(=O)[nH]c2NC(=O)c2c(C)cccc2C)C(=O)O)CCN(Cc2ccccc2)CC1. The smallest absolute Gasteiger partial charge is 0.346 e. The Labute approximate surface area is 248 Å². The summed E-state index contributed by atoms with van der Waals surface area (Å²) in [6.07, 6.45) is 1.61. The highest BCUT2D eigenvalue weighted by Gasteiger charge is 2.40. The molecule has 5 N–H and O–H groups in total. The van der Waals surface area contributed by atoms with Gasteiger partial charge < -0.3 is 21.1 Å². The first-order chi connectivity index (χ1) is 20.5. The number of carbonyl (C=O) groups is 4. The second kappa shape index (κ2) is 13.4. The zero-order valence-corrected chi connectivity index (χ0v) is 24.4. The lowest BCUT2D eigenvalue weighted by Crippen LogP contribution is -2.62. The summed E-state index contributed by atoms with van der Waals surface area (Å²) >= 11 is 0. The summed E-state index contributed by atoms with van der Waals surface area (Å²) in [5.41, 5.74) is 1.34. The van der Waals surface area contributed by atoms with Gasteiger partial charge in [-0.3, -0.25) is 19.5 Å². The molecule has 4 rings (SSSR count). The summed E-state index contributed by atoms with van der Waals surface area (Å²) in [7, 11) is 0. The predicted octanol–water partition coefficient (Wildman–Crippen LogP) is 2.56. The Hall–Kier alpha value is -4.84. The highest BCUT2D eigenvalue weighted by Crippen LogP contribution is 2.25. The number of rotatable bonds is 10. The fourth-order valence-corrected chi connectivity index (χ4v) is 5.37. The average Bonchev–Trinajstić information content (AvgIpc) is 2.95. The van der Waals surface area contributed by atoms with E-state index in [0.717, 1.165) is 29.4 Å². The number of nitrogens with zero attached hydrogens (tertiary/aromatic N) is 2. The molecular weight excluding hydrogens is 552 g/mol. The summed E-state index contributed by atoms with van der Waals surface area (Å²) in [4.78, 5) is 71.4. The largest absolute Gasteiger partial charge is 0.480 e. The van der Waals surface area contributed by atoms with Crippen LogP contribution < -0.4 is 21.6 Å². The lowest BCUT2D eigenvalue weighted by molar-refractivity contribution is -0.139. The van der Waals surface area contributed by atoms with Crippen LogP contribution in [0.4, 0.5) is 10.6 Å². The number of nitrogens with one attached hydrogen (secondary N) is 4. The van der Waals surface area contributed by atoms with E-state index in [0.29, 0.717) is 31.5 Å². The van der Waals surface area contributed by atoms with Crippen molar-refractivity contribution in [3.63, 3.8) is 0 Å². The van der Waals surface area contributed by atoms with Gasteiger partial charge >= 0.3 is 17.7 Å². The van der Waals surface area contributed by atoms with E-state index in [4.69, 9.17) is 0 Å². The molecule has 1 unspecified atom stereocenters. The summed E-state index contributed by atoms with van der Waals surface area (Å²) in [6.45, 7) is 6.84. The number of aromatic nitrogens is 2. The van der Waals surface area contributed by atoms with Gasteiger partial charge in [-0.1, -0.05) is 48.5 Å². The molecule has 12 heteroatoms. The van der Waals surface area contributed by atoms with Gasteiger partial charge in [0.15, 0.2) is 5.78 Å². The number of ketones is 1. The summed E-state index contributed by atoms with van der Waals surface area (Å²) in [5.74, 6) is -2.07. The molecule has 0 aliphatic carbocycles. The summed E-state index contributed by atoms with van der Waals surface area (Å²) in [6, 6.07) is 13.1. The van der Waals surface area contributed by atoms with Crippen LogP contribution in [0.25, 0.3) is 0 Å². The molecule has 1 aliphatic heterocycles. The van der Waals surface area contributed by atoms with E-state index >= 15 is 0 Å². The number of aromatic amines is 1. The van der Waals surface area contributed by atoms with Crippen molar-refractivity contribution < 1.29 is 24.3 Å². The van der Waals surface area contributed by atoms with E-state index in [1.54, 1.807) is 26.0 Å². The Morgan fingerprint density at radius 1 is 1.02 bits per heavy atom. The lowest BCUT2D eigenvalue weighted by atomic mass is 9.84. The van der Waals surface area contributed by atoms with Crippen LogP contribution >= 0.6 is 0 Å². The standard InChI is InChI=1S/C31H36N6O6/c1-19-8-7-9-20(2)25(19)27(39)34-26-23(17-32-29(42)35-26)16-24(28(40)41)33-30(43)36-31(21(3)38)12-14-37(15-13-31)18-22-10-5-4-6-11-22/h4-11,17,24H,12-16,18H2,1-3H3,(H,40,41)(H2,33,36,43)(H2,32,34,35,39,42). The molecule has 43 heavy (non-hydrogen) atoms. The van der Waals surface area contributed by atoms with E-state index in [1.807, 2.05) is 36.4 Å². The van der Waals surface area contributed by atoms with Crippen LogP contribution in [0.3, 0.4) is 0 Å². The maximum atomic E-state index is 13.1. The van der Waals surface area contributed by atoms with Gasteiger partial charge in [0.2, 0.25) is 0 Å². The van der Waals surface area contributed by atoms with Crippen molar-refractivity contribution in [1.29, 1.82) is 0 Å². The van der Waals surface area contributed by atoms with Crippen molar-refractivity contribution in [3.8, 4) is 0 Å². The van der Waals surface area contributed by atoms with Crippen molar-refractivity contribution in [2.45, 2.75) is 58.2 Å². The van der Waals surface area contributed by atoms with Crippen molar-refractivity contribution in [3.05, 3.63) is 93.0 Å². The first-order valence-corrected chi connectivity index (χ1v) is 14.0. The van der Waals surface area contributed by atoms with E-state index in [9.17, 15) is 29.1 Å². The maximum Gasteiger partial charge on any atom is 0.346 e. The zero-order chi connectivity index (χ0) is 31.1. The minimum Gasteiger partial charge on any atom is -0.480 e. The quantitative estimate of drug-likeness (QED) is 0.240. The first-order valence-electron chi connectivity index (χ1n) is 14.0. The molecular formula is C31H36N6O6.